The van der Waals surface area contributed by atoms with Gasteiger partial charge in [0.15, 0.2) is 11.5 Å². The number of amides is 1. The van der Waals surface area contributed by atoms with E-state index in [9.17, 15) is 4.79 Å². The Bertz CT molecular complexity index is 761. The molecule has 2 aromatic rings. The Kier molecular flexibility index (Phi) is 3.76. The van der Waals surface area contributed by atoms with Crippen LogP contribution >= 0.6 is 0 Å². The topological polar surface area (TPSA) is 50.8 Å². The van der Waals surface area contributed by atoms with Crippen LogP contribution in [0.1, 0.15) is 18.9 Å². The number of hydrogen-bond donors (Lipinski definition) is 1. The predicted octanol–water partition coefficient (Wildman–Crippen LogP) is 3.20. The van der Waals surface area contributed by atoms with E-state index in [0.29, 0.717) is 12.3 Å². The molecule has 1 atom stereocenters. The molecule has 0 radical (unpaired) electrons. The summed E-state index contributed by atoms with van der Waals surface area (Å²) in [5, 5.41) is 3.25. The van der Waals surface area contributed by atoms with Crippen LogP contribution in [0.3, 0.4) is 0 Å². The molecule has 2 aromatic carbocycles. The molecular formula is C19H20N2O3. The molecule has 2 aliphatic heterocycles. The summed E-state index contributed by atoms with van der Waals surface area (Å²) in [5.41, 5.74) is 3.08. The summed E-state index contributed by atoms with van der Waals surface area (Å²) in [6.07, 6.45) is 1.86. The first-order chi connectivity index (χ1) is 11.7. The van der Waals surface area contributed by atoms with Crippen LogP contribution < -0.4 is 19.7 Å². The highest BCUT2D eigenvalue weighted by Gasteiger charge is 2.31. The lowest BCUT2D eigenvalue weighted by molar-refractivity contribution is -0.119. The van der Waals surface area contributed by atoms with Crippen LogP contribution in [0, 0.1) is 0 Å². The van der Waals surface area contributed by atoms with E-state index in [2.05, 4.69) is 17.4 Å². The van der Waals surface area contributed by atoms with Crippen molar-refractivity contribution in [1.29, 1.82) is 0 Å². The molecule has 5 heteroatoms. The van der Waals surface area contributed by atoms with Gasteiger partial charge in [0.2, 0.25) is 12.7 Å². The van der Waals surface area contributed by atoms with Crippen LogP contribution in [-0.2, 0) is 11.2 Å². The standard InChI is InChI=1S/C19H20N2O3/c1-13-19(22)21(9-5-8-14-6-3-2-4-7-14)16-11-18-17(23-12-24-18)10-15(16)20-13/h2-4,6-7,10-11,13,20H,5,8-9,12H2,1H3. The van der Waals surface area contributed by atoms with Gasteiger partial charge in [-0.15, -0.1) is 0 Å². The van der Waals surface area contributed by atoms with Crippen LogP contribution in [-0.4, -0.2) is 25.3 Å². The van der Waals surface area contributed by atoms with E-state index in [0.717, 1.165) is 30.0 Å². The Morgan fingerprint density at radius 3 is 2.71 bits per heavy atom. The van der Waals surface area contributed by atoms with Gasteiger partial charge >= 0.3 is 0 Å². The molecule has 2 aliphatic rings. The maximum atomic E-state index is 12.6. The summed E-state index contributed by atoms with van der Waals surface area (Å²) >= 11 is 0. The third-order valence-corrected chi connectivity index (χ3v) is 4.48. The molecule has 0 spiro atoms. The van der Waals surface area contributed by atoms with Gasteiger partial charge in [0, 0.05) is 18.7 Å². The molecule has 2 heterocycles. The van der Waals surface area contributed by atoms with Crippen molar-refractivity contribution < 1.29 is 14.3 Å². The number of rotatable bonds is 4. The zero-order valence-electron chi connectivity index (χ0n) is 13.6. The second kappa shape index (κ2) is 6.07. The van der Waals surface area contributed by atoms with E-state index in [4.69, 9.17) is 9.47 Å². The predicted molar refractivity (Wildman–Crippen MR) is 92.8 cm³/mol. The zero-order valence-corrected chi connectivity index (χ0v) is 13.6. The van der Waals surface area contributed by atoms with Crippen LogP contribution in [0.5, 0.6) is 11.5 Å². The van der Waals surface area contributed by atoms with Gasteiger partial charge in [-0.2, -0.15) is 0 Å². The molecule has 4 rings (SSSR count). The van der Waals surface area contributed by atoms with Crippen molar-refractivity contribution in [2.75, 3.05) is 23.6 Å². The fraction of sp³-hybridized carbons (Fsp3) is 0.316. The van der Waals surface area contributed by atoms with Crippen LogP contribution in [0.15, 0.2) is 42.5 Å². The number of nitrogens with one attached hydrogen (secondary N) is 1. The van der Waals surface area contributed by atoms with Gasteiger partial charge in [-0.1, -0.05) is 30.3 Å². The van der Waals surface area contributed by atoms with Gasteiger partial charge in [-0.25, -0.2) is 0 Å². The monoisotopic (exact) mass is 324 g/mol. The number of carbonyl (C=O) groups excluding carboxylic acids is 1. The molecule has 0 aliphatic carbocycles. The Balaban J connectivity index is 1.55. The second-order valence-electron chi connectivity index (χ2n) is 6.17. The Morgan fingerprint density at radius 1 is 1.17 bits per heavy atom. The lowest BCUT2D eigenvalue weighted by atomic mass is 10.1. The fourth-order valence-corrected chi connectivity index (χ4v) is 3.23. The van der Waals surface area contributed by atoms with Crippen LogP contribution in [0.2, 0.25) is 0 Å². The summed E-state index contributed by atoms with van der Waals surface area (Å²) in [5.74, 6) is 1.52. The van der Waals surface area contributed by atoms with Crippen LogP contribution in [0.25, 0.3) is 0 Å². The number of carbonyl (C=O) groups is 1. The van der Waals surface area contributed by atoms with Crippen molar-refractivity contribution >= 4 is 17.3 Å². The Labute approximate surface area is 141 Å². The second-order valence-corrected chi connectivity index (χ2v) is 6.17. The van der Waals surface area contributed by atoms with E-state index in [1.165, 1.54) is 5.56 Å². The highest BCUT2D eigenvalue weighted by Crippen LogP contribution is 2.43. The highest BCUT2D eigenvalue weighted by atomic mass is 16.7. The maximum absolute atomic E-state index is 12.6. The molecule has 1 unspecified atom stereocenters. The number of aryl methyl sites for hydroxylation is 1. The van der Waals surface area contributed by atoms with E-state index >= 15 is 0 Å². The van der Waals surface area contributed by atoms with Crippen molar-refractivity contribution in [1.82, 2.24) is 0 Å². The fourth-order valence-electron chi connectivity index (χ4n) is 3.23. The van der Waals surface area contributed by atoms with Gasteiger partial charge in [-0.3, -0.25) is 4.79 Å². The normalized spacial score (nSPS) is 18.3. The minimum Gasteiger partial charge on any atom is -0.454 e. The van der Waals surface area contributed by atoms with E-state index in [1.54, 1.807) is 0 Å². The molecule has 1 N–H and O–H groups in total. The summed E-state index contributed by atoms with van der Waals surface area (Å²) < 4.78 is 10.9. The lowest BCUT2D eigenvalue weighted by Crippen LogP contribution is -2.46. The molecule has 5 nitrogen and oxygen atoms in total. The number of hydrogen-bond acceptors (Lipinski definition) is 4. The first-order valence-corrected chi connectivity index (χ1v) is 8.28. The van der Waals surface area contributed by atoms with Crippen molar-refractivity contribution in [3.8, 4) is 11.5 Å². The van der Waals surface area contributed by atoms with E-state index in [-0.39, 0.29) is 18.7 Å². The SMILES string of the molecule is CC1Nc2cc3c(cc2N(CCCc2ccccc2)C1=O)OCO3. The third kappa shape index (κ3) is 2.66. The van der Waals surface area contributed by atoms with E-state index in [1.807, 2.05) is 42.2 Å². The minimum atomic E-state index is -0.241. The van der Waals surface area contributed by atoms with Crippen molar-refractivity contribution in [3.05, 3.63) is 48.0 Å². The molecule has 0 saturated heterocycles. The van der Waals surface area contributed by atoms with Crippen molar-refractivity contribution in [2.24, 2.45) is 0 Å². The van der Waals surface area contributed by atoms with Crippen molar-refractivity contribution in [3.63, 3.8) is 0 Å². The molecule has 0 saturated carbocycles. The minimum absolute atomic E-state index is 0.0921. The number of nitrogens with zero attached hydrogens (tertiary/aromatic N) is 1. The summed E-state index contributed by atoms with van der Waals surface area (Å²) in [7, 11) is 0. The largest absolute Gasteiger partial charge is 0.454 e. The number of fused-ring (bicyclic) bond motifs is 2. The maximum Gasteiger partial charge on any atom is 0.249 e. The van der Waals surface area contributed by atoms with E-state index < -0.39 is 0 Å². The van der Waals surface area contributed by atoms with Crippen LogP contribution in [0.4, 0.5) is 11.4 Å². The average Bonchev–Trinajstić information content (AvgIpc) is 3.05. The Hall–Kier alpha value is -2.69. The van der Waals surface area contributed by atoms with Gasteiger partial charge in [0.05, 0.1) is 11.4 Å². The summed E-state index contributed by atoms with van der Waals surface area (Å²) in [6.45, 7) is 2.81. The molecule has 0 bridgehead atoms. The molecule has 0 fully saturated rings. The molecule has 0 aromatic heterocycles. The summed E-state index contributed by atoms with van der Waals surface area (Å²) in [6, 6.07) is 13.9. The first kappa shape index (κ1) is 14.9. The first-order valence-electron chi connectivity index (χ1n) is 8.28. The average molecular weight is 324 g/mol. The zero-order chi connectivity index (χ0) is 16.5. The molecule has 24 heavy (non-hydrogen) atoms. The summed E-state index contributed by atoms with van der Waals surface area (Å²) in [4.78, 5) is 14.5. The van der Waals surface area contributed by atoms with Gasteiger partial charge in [0.1, 0.15) is 6.04 Å². The van der Waals surface area contributed by atoms with Crippen molar-refractivity contribution in [2.45, 2.75) is 25.8 Å². The number of anilines is 2. The smallest absolute Gasteiger partial charge is 0.249 e. The molecule has 1 amide bonds. The molecule has 124 valence electrons. The molecular weight excluding hydrogens is 304 g/mol. The van der Waals surface area contributed by atoms with Gasteiger partial charge in [0.25, 0.3) is 0 Å². The lowest BCUT2D eigenvalue weighted by Gasteiger charge is -2.34. The highest BCUT2D eigenvalue weighted by molar-refractivity contribution is 6.05. The van der Waals surface area contributed by atoms with Gasteiger partial charge < -0.3 is 19.7 Å². The quantitative estimate of drug-likeness (QED) is 0.938. The number of benzene rings is 2. The third-order valence-electron chi connectivity index (χ3n) is 4.48. The van der Waals surface area contributed by atoms with Gasteiger partial charge in [-0.05, 0) is 25.3 Å². The Morgan fingerprint density at radius 2 is 1.92 bits per heavy atom. The number of ether oxygens (including phenoxy) is 2.